The summed E-state index contributed by atoms with van der Waals surface area (Å²) >= 11 is 0. The SMILES string of the molecule is c1ccc2nc(-c3cc4cccnc4nc3-c3nncc4ccccc34)ccc2c1. The second-order valence-electron chi connectivity index (χ2n) is 7.10. The van der Waals surface area contributed by atoms with E-state index in [-0.39, 0.29) is 0 Å². The number of rotatable bonds is 2. The zero-order valence-corrected chi connectivity index (χ0v) is 15.9. The number of benzene rings is 2. The molecule has 0 aliphatic rings. The lowest BCUT2D eigenvalue weighted by molar-refractivity contribution is 1.05. The van der Waals surface area contributed by atoms with Gasteiger partial charge in [-0.3, -0.25) is 0 Å². The number of hydrogen-bond acceptors (Lipinski definition) is 5. The summed E-state index contributed by atoms with van der Waals surface area (Å²) in [7, 11) is 0. The van der Waals surface area contributed by atoms with Crippen LogP contribution in [0.4, 0.5) is 0 Å². The quantitative estimate of drug-likeness (QED) is 0.396. The van der Waals surface area contributed by atoms with E-state index in [9.17, 15) is 0 Å². The molecule has 140 valence electrons. The van der Waals surface area contributed by atoms with E-state index in [0.29, 0.717) is 5.65 Å². The third-order valence-corrected chi connectivity index (χ3v) is 5.26. The Morgan fingerprint density at radius 2 is 1.47 bits per heavy atom. The fourth-order valence-electron chi connectivity index (χ4n) is 3.80. The van der Waals surface area contributed by atoms with Crippen molar-refractivity contribution in [3.63, 3.8) is 0 Å². The first-order valence-corrected chi connectivity index (χ1v) is 9.69. The Morgan fingerprint density at radius 1 is 0.633 bits per heavy atom. The van der Waals surface area contributed by atoms with Crippen LogP contribution in [0.1, 0.15) is 0 Å². The van der Waals surface area contributed by atoms with E-state index in [0.717, 1.165) is 49.7 Å². The van der Waals surface area contributed by atoms with Gasteiger partial charge in [-0.2, -0.15) is 5.10 Å². The molecular weight excluding hydrogens is 370 g/mol. The fourth-order valence-corrected chi connectivity index (χ4v) is 3.80. The number of para-hydroxylation sites is 1. The molecule has 0 saturated carbocycles. The minimum absolute atomic E-state index is 0.673. The van der Waals surface area contributed by atoms with Gasteiger partial charge >= 0.3 is 0 Å². The average molecular weight is 385 g/mol. The van der Waals surface area contributed by atoms with E-state index in [4.69, 9.17) is 9.97 Å². The molecule has 0 N–H and O–H groups in total. The van der Waals surface area contributed by atoms with Crippen LogP contribution < -0.4 is 0 Å². The summed E-state index contributed by atoms with van der Waals surface area (Å²) in [5.74, 6) is 0. The first-order valence-electron chi connectivity index (χ1n) is 9.69. The maximum Gasteiger partial charge on any atom is 0.159 e. The molecule has 0 aliphatic heterocycles. The number of pyridine rings is 3. The highest BCUT2D eigenvalue weighted by Crippen LogP contribution is 2.34. The number of fused-ring (bicyclic) bond motifs is 3. The maximum absolute atomic E-state index is 4.91. The highest BCUT2D eigenvalue weighted by molar-refractivity contribution is 5.99. The Bertz CT molecular complexity index is 1550. The fraction of sp³-hybridized carbons (Fsp3) is 0. The lowest BCUT2D eigenvalue weighted by atomic mass is 10.0. The van der Waals surface area contributed by atoms with Crippen LogP contribution in [-0.4, -0.2) is 25.1 Å². The van der Waals surface area contributed by atoms with Gasteiger partial charge in [0.05, 0.1) is 17.4 Å². The first-order chi connectivity index (χ1) is 14.9. The average Bonchev–Trinajstić information content (AvgIpc) is 2.82. The molecule has 4 heterocycles. The molecule has 0 amide bonds. The van der Waals surface area contributed by atoms with E-state index in [1.54, 1.807) is 12.4 Å². The Labute approximate surface area is 172 Å². The van der Waals surface area contributed by atoms with Gasteiger partial charge in [-0.25, -0.2) is 15.0 Å². The highest BCUT2D eigenvalue weighted by atomic mass is 15.1. The molecule has 0 saturated heterocycles. The van der Waals surface area contributed by atoms with Crippen LogP contribution in [0.25, 0.3) is 55.4 Å². The minimum Gasteiger partial charge on any atom is -0.248 e. The molecule has 2 aromatic carbocycles. The van der Waals surface area contributed by atoms with Crippen LogP contribution in [0.15, 0.2) is 91.3 Å². The van der Waals surface area contributed by atoms with Gasteiger partial charge in [0.15, 0.2) is 5.65 Å². The van der Waals surface area contributed by atoms with Gasteiger partial charge in [-0.1, -0.05) is 48.5 Å². The molecule has 4 aromatic heterocycles. The van der Waals surface area contributed by atoms with Gasteiger partial charge in [0.1, 0.15) is 11.4 Å². The Hall–Kier alpha value is -4.25. The summed E-state index contributed by atoms with van der Waals surface area (Å²) < 4.78 is 0. The van der Waals surface area contributed by atoms with E-state index in [2.05, 4.69) is 33.4 Å². The molecule has 0 radical (unpaired) electrons. The van der Waals surface area contributed by atoms with Crippen molar-refractivity contribution in [1.29, 1.82) is 0 Å². The van der Waals surface area contributed by atoms with Crippen molar-refractivity contribution in [2.45, 2.75) is 0 Å². The number of hydrogen-bond donors (Lipinski definition) is 0. The Balaban J connectivity index is 1.70. The molecule has 5 nitrogen and oxygen atoms in total. The van der Waals surface area contributed by atoms with Crippen molar-refractivity contribution < 1.29 is 0 Å². The zero-order valence-electron chi connectivity index (χ0n) is 15.9. The topological polar surface area (TPSA) is 64.5 Å². The van der Waals surface area contributed by atoms with Gasteiger partial charge in [-0.15, -0.1) is 5.10 Å². The van der Waals surface area contributed by atoms with Crippen molar-refractivity contribution in [3.8, 4) is 22.6 Å². The molecular formula is C25H15N5. The summed E-state index contributed by atoms with van der Waals surface area (Å²) in [5, 5.41) is 12.8. The largest absolute Gasteiger partial charge is 0.248 e. The van der Waals surface area contributed by atoms with Gasteiger partial charge in [0.25, 0.3) is 0 Å². The van der Waals surface area contributed by atoms with Crippen LogP contribution in [0.5, 0.6) is 0 Å². The van der Waals surface area contributed by atoms with Crippen LogP contribution in [0, 0.1) is 0 Å². The van der Waals surface area contributed by atoms with Crippen molar-refractivity contribution in [2.75, 3.05) is 0 Å². The highest BCUT2D eigenvalue weighted by Gasteiger charge is 2.17. The lowest BCUT2D eigenvalue weighted by Crippen LogP contribution is -1.98. The van der Waals surface area contributed by atoms with E-state index >= 15 is 0 Å². The predicted octanol–water partition coefficient (Wildman–Crippen LogP) is 5.46. The summed E-state index contributed by atoms with van der Waals surface area (Å²) in [6.07, 6.45) is 3.52. The van der Waals surface area contributed by atoms with Crippen LogP contribution in [0.3, 0.4) is 0 Å². The molecule has 0 aliphatic carbocycles. The summed E-state index contributed by atoms with van der Waals surface area (Å²) in [5.41, 5.74) is 4.82. The summed E-state index contributed by atoms with van der Waals surface area (Å²) in [4.78, 5) is 14.3. The smallest absolute Gasteiger partial charge is 0.159 e. The van der Waals surface area contributed by atoms with Crippen molar-refractivity contribution in [3.05, 3.63) is 91.3 Å². The van der Waals surface area contributed by atoms with E-state index in [1.807, 2.05) is 60.7 Å². The maximum atomic E-state index is 4.91. The van der Waals surface area contributed by atoms with Crippen LogP contribution >= 0.6 is 0 Å². The molecule has 5 heteroatoms. The summed E-state index contributed by atoms with van der Waals surface area (Å²) in [6, 6.07) is 26.3. The monoisotopic (exact) mass is 385 g/mol. The molecule has 0 spiro atoms. The summed E-state index contributed by atoms with van der Waals surface area (Å²) in [6.45, 7) is 0. The van der Waals surface area contributed by atoms with E-state index in [1.165, 1.54) is 0 Å². The Kier molecular flexibility index (Phi) is 3.71. The standard InChI is InChI=1S/C25H15N5/c1-3-9-19-18(7-1)15-27-30-24(19)23-20(14-17-8-5-13-26-25(17)29-23)22-12-11-16-6-2-4-10-21(16)28-22/h1-15H. The second kappa shape index (κ2) is 6.67. The second-order valence-corrected chi connectivity index (χ2v) is 7.10. The molecule has 0 atom stereocenters. The molecule has 30 heavy (non-hydrogen) atoms. The molecule has 6 rings (SSSR count). The predicted molar refractivity (Wildman–Crippen MR) is 119 cm³/mol. The molecule has 0 bridgehead atoms. The van der Waals surface area contributed by atoms with Crippen molar-refractivity contribution in [1.82, 2.24) is 25.1 Å². The van der Waals surface area contributed by atoms with Crippen molar-refractivity contribution >= 4 is 32.7 Å². The number of aromatic nitrogens is 5. The van der Waals surface area contributed by atoms with E-state index < -0.39 is 0 Å². The van der Waals surface area contributed by atoms with Gasteiger partial charge in [0.2, 0.25) is 0 Å². The molecule has 6 aromatic rings. The van der Waals surface area contributed by atoms with Gasteiger partial charge in [0, 0.05) is 33.3 Å². The van der Waals surface area contributed by atoms with Crippen LogP contribution in [0.2, 0.25) is 0 Å². The first kappa shape index (κ1) is 16.7. The normalized spacial score (nSPS) is 11.3. The van der Waals surface area contributed by atoms with Gasteiger partial charge in [-0.05, 0) is 30.3 Å². The minimum atomic E-state index is 0.673. The van der Waals surface area contributed by atoms with Crippen molar-refractivity contribution in [2.24, 2.45) is 0 Å². The van der Waals surface area contributed by atoms with Crippen LogP contribution in [-0.2, 0) is 0 Å². The van der Waals surface area contributed by atoms with Gasteiger partial charge < -0.3 is 0 Å². The molecule has 0 unspecified atom stereocenters. The number of nitrogens with zero attached hydrogens (tertiary/aromatic N) is 5. The third-order valence-electron chi connectivity index (χ3n) is 5.26. The zero-order chi connectivity index (χ0) is 19.9. The Morgan fingerprint density at radius 3 is 2.43 bits per heavy atom. The lowest BCUT2D eigenvalue weighted by Gasteiger charge is -2.12. The third kappa shape index (κ3) is 2.68. The molecule has 0 fully saturated rings.